The summed E-state index contributed by atoms with van der Waals surface area (Å²) >= 11 is 1.73. The van der Waals surface area contributed by atoms with E-state index in [0.717, 1.165) is 18.8 Å². The molecule has 1 atom stereocenters. The van der Waals surface area contributed by atoms with Gasteiger partial charge in [-0.2, -0.15) is 0 Å². The second kappa shape index (κ2) is 2.85. The Bertz CT molecular complexity index is 392. The second-order valence-electron chi connectivity index (χ2n) is 4.87. The molecule has 3 rings (SSSR count). The van der Waals surface area contributed by atoms with Gasteiger partial charge in [0.05, 0.1) is 11.5 Å². The van der Waals surface area contributed by atoms with Crippen LogP contribution in [-0.2, 0) is 4.79 Å². The topological polar surface area (TPSA) is 20.3 Å². The first-order valence-corrected chi connectivity index (χ1v) is 6.34. The van der Waals surface area contributed by atoms with Crippen LogP contribution >= 0.6 is 11.3 Å². The van der Waals surface area contributed by atoms with Crippen molar-refractivity contribution in [3.63, 3.8) is 0 Å². The average molecular weight is 221 g/mol. The van der Waals surface area contributed by atoms with Crippen LogP contribution in [0.25, 0.3) is 0 Å². The first-order chi connectivity index (χ1) is 7.15. The maximum Gasteiger partial charge on any atom is 0.229 e. The highest BCUT2D eigenvalue weighted by molar-refractivity contribution is 7.10. The molecule has 1 heterocycles. The van der Waals surface area contributed by atoms with Gasteiger partial charge in [0.15, 0.2) is 0 Å². The van der Waals surface area contributed by atoms with Gasteiger partial charge in [-0.25, -0.2) is 0 Å². The van der Waals surface area contributed by atoms with Gasteiger partial charge in [0.1, 0.15) is 0 Å². The lowest BCUT2D eigenvalue weighted by atomic mass is 10.1. The van der Waals surface area contributed by atoms with E-state index in [1.165, 1.54) is 4.88 Å². The number of hydrogen-bond acceptors (Lipinski definition) is 2. The second-order valence-corrected chi connectivity index (χ2v) is 5.85. The Hall–Kier alpha value is -0.830. The van der Waals surface area contributed by atoms with E-state index in [1.54, 1.807) is 11.3 Å². The molecule has 0 bridgehead atoms. The fourth-order valence-electron chi connectivity index (χ4n) is 2.30. The molecule has 0 radical (unpaired) electrons. The van der Waals surface area contributed by atoms with Gasteiger partial charge in [-0.05, 0) is 37.1 Å². The van der Waals surface area contributed by atoms with Crippen LogP contribution in [0.15, 0.2) is 17.5 Å². The highest BCUT2D eigenvalue weighted by Crippen LogP contribution is 2.76. The van der Waals surface area contributed by atoms with Gasteiger partial charge in [0.2, 0.25) is 5.91 Å². The quantitative estimate of drug-likeness (QED) is 0.768. The molecule has 2 saturated carbocycles. The summed E-state index contributed by atoms with van der Waals surface area (Å²) in [5, 5.41) is 2.07. The third kappa shape index (κ3) is 1.26. The number of thiophene rings is 1. The van der Waals surface area contributed by atoms with E-state index in [1.807, 2.05) is 18.0 Å². The molecule has 2 fully saturated rings. The van der Waals surface area contributed by atoms with E-state index in [-0.39, 0.29) is 11.5 Å². The Kier molecular flexibility index (Phi) is 1.78. The molecule has 2 aliphatic carbocycles. The minimum atomic E-state index is 0.111. The summed E-state index contributed by atoms with van der Waals surface area (Å²) in [5.74, 6) is 1.11. The maximum absolute atomic E-state index is 12.1. The molecule has 0 saturated heterocycles. The Morgan fingerprint density at radius 1 is 1.67 bits per heavy atom. The van der Waals surface area contributed by atoms with E-state index in [9.17, 15) is 4.79 Å². The molecular formula is C12H15NOS. The summed E-state index contributed by atoms with van der Waals surface area (Å²) < 4.78 is 0. The fourth-order valence-corrected chi connectivity index (χ4v) is 3.12. The number of amides is 1. The molecule has 0 spiro atoms. The summed E-state index contributed by atoms with van der Waals surface area (Å²) in [7, 11) is 1.94. The molecule has 0 aromatic carbocycles. The Morgan fingerprint density at radius 3 is 2.80 bits per heavy atom. The Labute approximate surface area is 93.9 Å². The van der Waals surface area contributed by atoms with Crippen LogP contribution in [0.4, 0.5) is 0 Å². The zero-order chi connectivity index (χ0) is 10.6. The largest absolute Gasteiger partial charge is 0.338 e. The highest BCUT2D eigenvalue weighted by atomic mass is 32.1. The monoisotopic (exact) mass is 221 g/mol. The predicted octanol–water partition coefficient (Wildman–Crippen LogP) is 2.68. The van der Waals surface area contributed by atoms with Crippen molar-refractivity contribution in [2.75, 3.05) is 7.05 Å². The lowest BCUT2D eigenvalue weighted by Gasteiger charge is -2.25. The molecule has 1 amide bonds. The minimum Gasteiger partial charge on any atom is -0.338 e. The smallest absolute Gasteiger partial charge is 0.229 e. The Morgan fingerprint density at radius 2 is 2.33 bits per heavy atom. The van der Waals surface area contributed by atoms with Gasteiger partial charge in [-0.15, -0.1) is 11.3 Å². The van der Waals surface area contributed by atoms with Gasteiger partial charge in [-0.1, -0.05) is 6.07 Å². The molecule has 0 aliphatic heterocycles. The van der Waals surface area contributed by atoms with E-state index in [4.69, 9.17) is 0 Å². The fraction of sp³-hybridized carbons (Fsp3) is 0.583. The number of fused-ring (bicyclic) bond motifs is 1. The zero-order valence-corrected chi connectivity index (χ0v) is 9.88. The van der Waals surface area contributed by atoms with Crippen LogP contribution in [0.2, 0.25) is 0 Å². The molecule has 0 N–H and O–H groups in total. The number of carbonyl (C=O) groups is 1. The molecular weight excluding hydrogens is 206 g/mol. The van der Waals surface area contributed by atoms with Crippen molar-refractivity contribution in [2.45, 2.75) is 25.8 Å². The Balaban J connectivity index is 1.74. The van der Waals surface area contributed by atoms with Crippen molar-refractivity contribution in [1.82, 2.24) is 4.90 Å². The lowest BCUT2D eigenvalue weighted by molar-refractivity contribution is -0.135. The van der Waals surface area contributed by atoms with Crippen molar-refractivity contribution >= 4 is 17.2 Å². The van der Waals surface area contributed by atoms with Crippen molar-refractivity contribution in [3.05, 3.63) is 22.4 Å². The third-order valence-electron chi connectivity index (χ3n) is 3.96. The average Bonchev–Trinajstić information content (AvgIpc) is 3.00. The molecule has 2 aliphatic rings. The standard InChI is InChI=1S/C12H15NOS/c1-8(10-4-3-5-15-10)13(2)11(14)12-6-9(12)7-12/h3-5,8-9H,6-7H2,1-2H3. The van der Waals surface area contributed by atoms with Crippen LogP contribution in [-0.4, -0.2) is 17.9 Å². The molecule has 1 unspecified atom stereocenters. The maximum atomic E-state index is 12.1. The number of carbonyl (C=O) groups excluding carboxylic acids is 1. The van der Waals surface area contributed by atoms with Crippen LogP contribution in [0.3, 0.4) is 0 Å². The van der Waals surface area contributed by atoms with Gasteiger partial charge >= 0.3 is 0 Å². The van der Waals surface area contributed by atoms with E-state index in [0.29, 0.717) is 5.91 Å². The lowest BCUT2D eigenvalue weighted by Crippen LogP contribution is -2.32. The van der Waals surface area contributed by atoms with Crippen molar-refractivity contribution in [1.29, 1.82) is 0 Å². The van der Waals surface area contributed by atoms with Crippen LogP contribution in [0.1, 0.15) is 30.7 Å². The highest BCUT2D eigenvalue weighted by Gasteiger charge is 2.75. The molecule has 1 aromatic heterocycles. The number of nitrogens with zero attached hydrogens (tertiary/aromatic N) is 1. The minimum absolute atomic E-state index is 0.111. The zero-order valence-electron chi connectivity index (χ0n) is 9.06. The predicted molar refractivity (Wildman–Crippen MR) is 60.7 cm³/mol. The molecule has 3 heteroatoms. The molecule has 15 heavy (non-hydrogen) atoms. The van der Waals surface area contributed by atoms with Gasteiger partial charge in [0.25, 0.3) is 0 Å². The SMILES string of the molecule is CC(c1cccs1)N(C)C(=O)C12CC1C2. The first kappa shape index (κ1) is 9.40. The normalized spacial score (nSPS) is 33.1. The van der Waals surface area contributed by atoms with Crippen LogP contribution in [0, 0.1) is 11.3 Å². The summed E-state index contributed by atoms with van der Waals surface area (Å²) in [5.41, 5.74) is 0.111. The van der Waals surface area contributed by atoms with E-state index >= 15 is 0 Å². The van der Waals surface area contributed by atoms with Gasteiger partial charge in [0, 0.05) is 11.9 Å². The molecule has 2 nitrogen and oxygen atoms in total. The van der Waals surface area contributed by atoms with Crippen LogP contribution in [0.5, 0.6) is 0 Å². The van der Waals surface area contributed by atoms with Crippen molar-refractivity contribution < 1.29 is 4.79 Å². The van der Waals surface area contributed by atoms with Gasteiger partial charge < -0.3 is 4.90 Å². The summed E-state index contributed by atoms with van der Waals surface area (Å²) in [6.45, 7) is 2.11. The molecule has 80 valence electrons. The summed E-state index contributed by atoms with van der Waals surface area (Å²) in [6.07, 6.45) is 2.29. The van der Waals surface area contributed by atoms with Crippen molar-refractivity contribution in [3.8, 4) is 0 Å². The van der Waals surface area contributed by atoms with Crippen LogP contribution < -0.4 is 0 Å². The summed E-state index contributed by atoms with van der Waals surface area (Å²) in [6, 6.07) is 4.38. The first-order valence-electron chi connectivity index (χ1n) is 5.46. The van der Waals surface area contributed by atoms with E-state index in [2.05, 4.69) is 18.4 Å². The van der Waals surface area contributed by atoms with Crippen molar-refractivity contribution in [2.24, 2.45) is 11.3 Å². The molecule has 1 aromatic rings. The number of rotatable bonds is 3. The number of hydrogen-bond donors (Lipinski definition) is 0. The summed E-state index contributed by atoms with van der Waals surface area (Å²) in [4.78, 5) is 15.3. The van der Waals surface area contributed by atoms with E-state index < -0.39 is 0 Å². The van der Waals surface area contributed by atoms with Gasteiger partial charge in [-0.3, -0.25) is 4.79 Å². The third-order valence-corrected chi connectivity index (χ3v) is 5.01.